The molecule has 88 valence electrons. The summed E-state index contributed by atoms with van der Waals surface area (Å²) >= 11 is 0. The van der Waals surface area contributed by atoms with E-state index in [9.17, 15) is 0 Å². The van der Waals surface area contributed by atoms with E-state index < -0.39 is 0 Å². The average Bonchev–Trinajstić information content (AvgIpc) is 3.12. The summed E-state index contributed by atoms with van der Waals surface area (Å²) in [7, 11) is 3.16. The standard InChI is InChI=1S/C11H17N3O2/c1-15-9-7-10(16-2)14-11(13-9)12-6-5-8-3-4-8/h7-8H,3-6H2,1-2H3,(H,12,13,14). The van der Waals surface area contributed by atoms with Crippen LogP contribution in [0.5, 0.6) is 11.8 Å². The number of ether oxygens (including phenoxy) is 2. The van der Waals surface area contributed by atoms with Crippen molar-refractivity contribution in [2.45, 2.75) is 19.3 Å². The lowest BCUT2D eigenvalue weighted by Gasteiger charge is -2.07. The van der Waals surface area contributed by atoms with Gasteiger partial charge in [0.25, 0.3) is 0 Å². The van der Waals surface area contributed by atoms with Crippen molar-refractivity contribution in [3.05, 3.63) is 6.07 Å². The zero-order chi connectivity index (χ0) is 11.4. The highest BCUT2D eigenvalue weighted by Crippen LogP contribution is 2.32. The number of methoxy groups -OCH3 is 2. The fraction of sp³-hybridized carbons (Fsp3) is 0.636. The first-order chi connectivity index (χ1) is 7.81. The van der Waals surface area contributed by atoms with Crippen LogP contribution in [0.15, 0.2) is 6.07 Å². The molecule has 1 aromatic rings. The highest BCUT2D eigenvalue weighted by Gasteiger charge is 2.20. The molecule has 1 aliphatic rings. The second-order valence-electron chi connectivity index (χ2n) is 3.94. The molecule has 0 aliphatic heterocycles. The van der Waals surface area contributed by atoms with Gasteiger partial charge in [0, 0.05) is 6.54 Å². The van der Waals surface area contributed by atoms with E-state index >= 15 is 0 Å². The minimum atomic E-state index is 0.515. The van der Waals surface area contributed by atoms with Crippen molar-refractivity contribution in [2.24, 2.45) is 5.92 Å². The highest BCUT2D eigenvalue weighted by molar-refractivity contribution is 5.33. The average molecular weight is 223 g/mol. The molecule has 0 atom stereocenters. The van der Waals surface area contributed by atoms with E-state index in [0.717, 1.165) is 12.5 Å². The van der Waals surface area contributed by atoms with Crippen molar-refractivity contribution < 1.29 is 9.47 Å². The van der Waals surface area contributed by atoms with Crippen LogP contribution in [0.2, 0.25) is 0 Å². The van der Waals surface area contributed by atoms with Crippen molar-refractivity contribution in [2.75, 3.05) is 26.1 Å². The third kappa shape index (κ3) is 2.98. The fourth-order valence-electron chi connectivity index (χ4n) is 1.49. The minimum absolute atomic E-state index is 0.515. The molecule has 0 saturated heterocycles. The maximum atomic E-state index is 5.07. The van der Waals surface area contributed by atoms with E-state index in [4.69, 9.17) is 9.47 Å². The van der Waals surface area contributed by atoms with Crippen LogP contribution in [0.1, 0.15) is 19.3 Å². The van der Waals surface area contributed by atoms with Crippen molar-refractivity contribution in [3.63, 3.8) is 0 Å². The summed E-state index contributed by atoms with van der Waals surface area (Å²) in [6.45, 7) is 0.904. The molecule has 0 amide bonds. The summed E-state index contributed by atoms with van der Waals surface area (Å²) in [4.78, 5) is 8.39. The van der Waals surface area contributed by atoms with Gasteiger partial charge in [-0.25, -0.2) is 0 Å². The van der Waals surface area contributed by atoms with Crippen LogP contribution < -0.4 is 14.8 Å². The largest absolute Gasteiger partial charge is 0.481 e. The predicted octanol–water partition coefficient (Wildman–Crippen LogP) is 1.71. The zero-order valence-electron chi connectivity index (χ0n) is 9.69. The first-order valence-electron chi connectivity index (χ1n) is 5.52. The summed E-state index contributed by atoms with van der Waals surface area (Å²) in [5.74, 6) is 2.50. The van der Waals surface area contributed by atoms with Gasteiger partial charge in [-0.2, -0.15) is 9.97 Å². The van der Waals surface area contributed by atoms with Gasteiger partial charge in [0.2, 0.25) is 17.7 Å². The summed E-state index contributed by atoms with van der Waals surface area (Å²) in [5, 5.41) is 3.18. The molecule has 0 bridgehead atoms. The van der Waals surface area contributed by atoms with Crippen molar-refractivity contribution in [1.29, 1.82) is 0 Å². The molecule has 1 N–H and O–H groups in total. The molecule has 1 fully saturated rings. The Labute approximate surface area is 95.2 Å². The minimum Gasteiger partial charge on any atom is -0.481 e. The van der Waals surface area contributed by atoms with E-state index in [-0.39, 0.29) is 0 Å². The number of hydrogen-bond acceptors (Lipinski definition) is 5. The molecule has 2 rings (SSSR count). The number of nitrogens with one attached hydrogen (secondary N) is 1. The lowest BCUT2D eigenvalue weighted by Crippen LogP contribution is -2.07. The molecule has 5 heteroatoms. The van der Waals surface area contributed by atoms with E-state index in [1.165, 1.54) is 19.3 Å². The maximum Gasteiger partial charge on any atom is 0.229 e. The molecule has 1 aliphatic carbocycles. The van der Waals surface area contributed by atoms with E-state index in [1.807, 2.05) is 0 Å². The van der Waals surface area contributed by atoms with Crippen LogP contribution >= 0.6 is 0 Å². The molecular weight excluding hydrogens is 206 g/mol. The molecule has 0 radical (unpaired) electrons. The van der Waals surface area contributed by atoms with Gasteiger partial charge in [-0.3, -0.25) is 0 Å². The molecule has 5 nitrogen and oxygen atoms in total. The number of rotatable bonds is 6. The molecule has 1 heterocycles. The molecule has 1 aromatic heterocycles. The van der Waals surface area contributed by atoms with Crippen LogP contribution in [0, 0.1) is 5.92 Å². The summed E-state index contributed by atoms with van der Waals surface area (Å²) in [6.07, 6.45) is 3.91. The van der Waals surface area contributed by atoms with Crippen molar-refractivity contribution >= 4 is 5.95 Å². The third-order valence-corrected chi connectivity index (χ3v) is 2.63. The van der Waals surface area contributed by atoms with Gasteiger partial charge < -0.3 is 14.8 Å². The molecule has 1 saturated carbocycles. The first kappa shape index (κ1) is 11.0. The normalized spacial score (nSPS) is 14.6. The second kappa shape index (κ2) is 5.01. The number of anilines is 1. The van der Waals surface area contributed by atoms with Crippen molar-refractivity contribution in [3.8, 4) is 11.8 Å². The molecule has 0 unspecified atom stereocenters. The Morgan fingerprint density at radius 3 is 2.38 bits per heavy atom. The fourth-order valence-corrected chi connectivity index (χ4v) is 1.49. The molecule has 16 heavy (non-hydrogen) atoms. The Hall–Kier alpha value is -1.52. The van der Waals surface area contributed by atoms with Gasteiger partial charge in [0.05, 0.1) is 20.3 Å². The highest BCUT2D eigenvalue weighted by atomic mass is 16.5. The molecule has 0 aromatic carbocycles. The van der Waals surface area contributed by atoms with E-state index in [2.05, 4.69) is 15.3 Å². The predicted molar refractivity (Wildman–Crippen MR) is 61.0 cm³/mol. The Morgan fingerprint density at radius 2 is 1.88 bits per heavy atom. The Bertz CT molecular complexity index is 331. The van der Waals surface area contributed by atoms with Gasteiger partial charge >= 0.3 is 0 Å². The lowest BCUT2D eigenvalue weighted by molar-refractivity contribution is 0.373. The van der Waals surface area contributed by atoms with Gasteiger partial charge in [0.1, 0.15) is 0 Å². The van der Waals surface area contributed by atoms with Crippen LogP contribution in [-0.4, -0.2) is 30.7 Å². The molecule has 0 spiro atoms. The Balaban J connectivity index is 1.94. The van der Waals surface area contributed by atoms with E-state index in [0.29, 0.717) is 17.7 Å². The Kier molecular flexibility index (Phi) is 3.44. The Morgan fingerprint density at radius 1 is 1.25 bits per heavy atom. The topological polar surface area (TPSA) is 56.3 Å². The summed E-state index contributed by atoms with van der Waals surface area (Å²) < 4.78 is 10.1. The van der Waals surface area contributed by atoms with Crippen LogP contribution in [0.3, 0.4) is 0 Å². The quantitative estimate of drug-likeness (QED) is 0.795. The number of hydrogen-bond donors (Lipinski definition) is 1. The second-order valence-corrected chi connectivity index (χ2v) is 3.94. The van der Waals surface area contributed by atoms with Crippen LogP contribution in [-0.2, 0) is 0 Å². The number of nitrogens with zero attached hydrogens (tertiary/aromatic N) is 2. The number of aromatic nitrogens is 2. The van der Waals surface area contributed by atoms with Crippen LogP contribution in [0.25, 0.3) is 0 Å². The SMILES string of the molecule is COc1cc(OC)nc(NCCC2CC2)n1. The van der Waals surface area contributed by atoms with Crippen molar-refractivity contribution in [1.82, 2.24) is 9.97 Å². The maximum absolute atomic E-state index is 5.07. The van der Waals surface area contributed by atoms with Gasteiger partial charge in [-0.05, 0) is 12.3 Å². The summed E-state index contributed by atoms with van der Waals surface area (Å²) in [5.41, 5.74) is 0. The smallest absolute Gasteiger partial charge is 0.229 e. The zero-order valence-corrected chi connectivity index (χ0v) is 9.69. The third-order valence-electron chi connectivity index (χ3n) is 2.63. The van der Waals surface area contributed by atoms with E-state index in [1.54, 1.807) is 20.3 Å². The van der Waals surface area contributed by atoms with Gasteiger partial charge in [0.15, 0.2) is 0 Å². The van der Waals surface area contributed by atoms with Gasteiger partial charge in [-0.1, -0.05) is 12.8 Å². The van der Waals surface area contributed by atoms with Gasteiger partial charge in [-0.15, -0.1) is 0 Å². The summed E-state index contributed by atoms with van der Waals surface area (Å²) in [6, 6.07) is 1.66. The van der Waals surface area contributed by atoms with Crippen LogP contribution in [0.4, 0.5) is 5.95 Å². The molecular formula is C11H17N3O2. The monoisotopic (exact) mass is 223 g/mol. The lowest BCUT2D eigenvalue weighted by atomic mass is 10.3. The first-order valence-corrected chi connectivity index (χ1v) is 5.52.